The summed E-state index contributed by atoms with van der Waals surface area (Å²) in [7, 11) is -3.78. The van der Waals surface area contributed by atoms with Crippen molar-refractivity contribution in [1.82, 2.24) is 4.98 Å². The summed E-state index contributed by atoms with van der Waals surface area (Å²) in [6, 6.07) is 17.7. The quantitative estimate of drug-likeness (QED) is 0.709. The van der Waals surface area contributed by atoms with E-state index in [4.69, 9.17) is 5.26 Å². The molecule has 0 spiro atoms. The average molecular weight is 378 g/mol. The van der Waals surface area contributed by atoms with E-state index in [2.05, 4.69) is 15.0 Å². The first-order valence-corrected chi connectivity index (χ1v) is 9.31. The van der Waals surface area contributed by atoms with Crippen LogP contribution in [0.1, 0.15) is 15.9 Å². The van der Waals surface area contributed by atoms with Gasteiger partial charge >= 0.3 is 0 Å². The van der Waals surface area contributed by atoms with E-state index in [1.807, 2.05) is 6.07 Å². The van der Waals surface area contributed by atoms with Gasteiger partial charge in [-0.1, -0.05) is 24.3 Å². The number of amides is 1. The summed E-state index contributed by atoms with van der Waals surface area (Å²) in [4.78, 5) is 16.4. The molecule has 0 atom stereocenters. The first-order chi connectivity index (χ1) is 13.0. The third kappa shape index (κ3) is 4.48. The zero-order valence-electron chi connectivity index (χ0n) is 14.0. The molecule has 0 saturated carbocycles. The van der Waals surface area contributed by atoms with Crippen molar-refractivity contribution in [2.45, 2.75) is 4.90 Å². The van der Waals surface area contributed by atoms with Crippen LogP contribution < -0.4 is 10.0 Å². The van der Waals surface area contributed by atoms with E-state index >= 15 is 0 Å². The van der Waals surface area contributed by atoms with Gasteiger partial charge in [0.05, 0.1) is 34.0 Å². The van der Waals surface area contributed by atoms with Gasteiger partial charge < -0.3 is 5.32 Å². The second kappa shape index (κ2) is 7.68. The van der Waals surface area contributed by atoms with Gasteiger partial charge in [-0.15, -0.1) is 0 Å². The van der Waals surface area contributed by atoms with E-state index < -0.39 is 15.9 Å². The molecule has 0 aliphatic carbocycles. The Morgan fingerprint density at radius 1 is 0.963 bits per heavy atom. The molecule has 2 aromatic carbocycles. The van der Waals surface area contributed by atoms with Crippen LogP contribution in [0.5, 0.6) is 0 Å². The third-order valence-electron chi connectivity index (χ3n) is 3.56. The molecular formula is C19H14N4O3S. The molecule has 1 amide bonds. The van der Waals surface area contributed by atoms with Crippen molar-refractivity contribution in [1.29, 1.82) is 5.26 Å². The lowest BCUT2D eigenvalue weighted by molar-refractivity contribution is 0.102. The van der Waals surface area contributed by atoms with E-state index in [0.717, 1.165) is 0 Å². The normalized spacial score (nSPS) is 10.6. The van der Waals surface area contributed by atoms with E-state index in [1.165, 1.54) is 36.7 Å². The summed E-state index contributed by atoms with van der Waals surface area (Å²) in [5, 5.41) is 11.6. The molecule has 2 N–H and O–H groups in total. The minimum absolute atomic E-state index is 0.105. The van der Waals surface area contributed by atoms with Gasteiger partial charge in [0.25, 0.3) is 15.9 Å². The highest BCUT2D eigenvalue weighted by Gasteiger charge is 2.15. The molecule has 0 saturated heterocycles. The standard InChI is InChI=1S/C19H14N4O3S/c20-11-14-5-4-6-16(9-14)22-19(24)15-10-17(13-21-12-15)23-27(25,26)18-7-2-1-3-8-18/h1-10,12-13,23H,(H,22,24). The van der Waals surface area contributed by atoms with Gasteiger partial charge in [-0.05, 0) is 36.4 Å². The Hall–Kier alpha value is -3.70. The average Bonchev–Trinajstić information content (AvgIpc) is 2.68. The van der Waals surface area contributed by atoms with Crippen molar-refractivity contribution in [2.75, 3.05) is 10.0 Å². The molecule has 0 fully saturated rings. The molecule has 1 aromatic heterocycles. The van der Waals surface area contributed by atoms with Crippen LogP contribution in [0.3, 0.4) is 0 Å². The fraction of sp³-hybridized carbons (Fsp3) is 0. The van der Waals surface area contributed by atoms with Crippen molar-refractivity contribution in [3.05, 3.63) is 84.2 Å². The fourth-order valence-corrected chi connectivity index (χ4v) is 3.36. The number of hydrogen-bond acceptors (Lipinski definition) is 5. The maximum atomic E-state index is 12.4. The van der Waals surface area contributed by atoms with Gasteiger partial charge in [0.2, 0.25) is 0 Å². The van der Waals surface area contributed by atoms with Gasteiger partial charge in [-0.3, -0.25) is 14.5 Å². The minimum Gasteiger partial charge on any atom is -0.322 e. The molecule has 0 aliphatic rings. The van der Waals surface area contributed by atoms with Gasteiger partial charge in [0.15, 0.2) is 0 Å². The third-order valence-corrected chi connectivity index (χ3v) is 4.95. The van der Waals surface area contributed by atoms with E-state index in [-0.39, 0.29) is 16.1 Å². The van der Waals surface area contributed by atoms with Gasteiger partial charge in [-0.2, -0.15) is 5.26 Å². The van der Waals surface area contributed by atoms with Crippen molar-refractivity contribution < 1.29 is 13.2 Å². The minimum atomic E-state index is -3.78. The van der Waals surface area contributed by atoms with Crippen LogP contribution in [-0.4, -0.2) is 19.3 Å². The van der Waals surface area contributed by atoms with Crippen LogP contribution in [0.2, 0.25) is 0 Å². The predicted molar refractivity (Wildman–Crippen MR) is 101 cm³/mol. The first kappa shape index (κ1) is 18.1. The van der Waals surface area contributed by atoms with Crippen LogP contribution in [0.15, 0.2) is 78.0 Å². The molecule has 0 bridgehead atoms. The Morgan fingerprint density at radius 2 is 1.74 bits per heavy atom. The number of benzene rings is 2. The molecule has 0 radical (unpaired) electrons. The summed E-state index contributed by atoms with van der Waals surface area (Å²) in [6.45, 7) is 0. The second-order valence-corrected chi connectivity index (χ2v) is 7.21. The summed E-state index contributed by atoms with van der Waals surface area (Å²) in [5.41, 5.74) is 1.20. The number of anilines is 2. The van der Waals surface area contributed by atoms with E-state index in [0.29, 0.717) is 11.3 Å². The number of pyridine rings is 1. The summed E-state index contributed by atoms with van der Waals surface area (Å²) >= 11 is 0. The highest BCUT2D eigenvalue weighted by atomic mass is 32.2. The second-order valence-electron chi connectivity index (χ2n) is 5.53. The SMILES string of the molecule is N#Cc1cccc(NC(=O)c2cncc(NS(=O)(=O)c3ccccc3)c2)c1. The van der Waals surface area contributed by atoms with Crippen molar-refractivity contribution >= 4 is 27.3 Å². The lowest BCUT2D eigenvalue weighted by Crippen LogP contribution is -2.15. The molecule has 0 unspecified atom stereocenters. The summed E-state index contributed by atoms with van der Waals surface area (Å²) in [5.74, 6) is -0.474. The Balaban J connectivity index is 1.79. The maximum absolute atomic E-state index is 12.4. The zero-order valence-corrected chi connectivity index (χ0v) is 14.8. The van der Waals surface area contributed by atoms with Gasteiger partial charge in [0, 0.05) is 11.9 Å². The maximum Gasteiger partial charge on any atom is 0.261 e. The number of nitrogens with zero attached hydrogens (tertiary/aromatic N) is 2. The topological polar surface area (TPSA) is 112 Å². The zero-order chi connectivity index (χ0) is 19.3. The molecule has 7 nitrogen and oxygen atoms in total. The number of sulfonamides is 1. The highest BCUT2D eigenvalue weighted by Crippen LogP contribution is 2.17. The van der Waals surface area contributed by atoms with Crippen LogP contribution in [-0.2, 0) is 10.0 Å². The molecule has 1 heterocycles. The highest BCUT2D eigenvalue weighted by molar-refractivity contribution is 7.92. The Bertz CT molecular complexity index is 1120. The molecule has 0 aliphatic heterocycles. The van der Waals surface area contributed by atoms with E-state index in [9.17, 15) is 13.2 Å². The lowest BCUT2D eigenvalue weighted by Gasteiger charge is -2.09. The Kier molecular flexibility index (Phi) is 5.15. The smallest absolute Gasteiger partial charge is 0.261 e. The molecule has 134 valence electrons. The summed E-state index contributed by atoms with van der Waals surface area (Å²) < 4.78 is 27.1. The monoisotopic (exact) mass is 378 g/mol. The first-order valence-electron chi connectivity index (χ1n) is 7.82. The van der Waals surface area contributed by atoms with Crippen LogP contribution in [0.25, 0.3) is 0 Å². The number of nitriles is 1. The molecule has 3 rings (SSSR count). The van der Waals surface area contributed by atoms with Crippen LogP contribution in [0.4, 0.5) is 11.4 Å². The van der Waals surface area contributed by atoms with Crippen LogP contribution in [0, 0.1) is 11.3 Å². The number of carbonyl (C=O) groups excluding carboxylic acids is 1. The molecule has 27 heavy (non-hydrogen) atoms. The number of carbonyl (C=O) groups is 1. The number of aromatic nitrogens is 1. The molecule has 3 aromatic rings. The number of rotatable bonds is 5. The Morgan fingerprint density at radius 3 is 2.48 bits per heavy atom. The number of nitrogens with one attached hydrogen (secondary N) is 2. The molecule has 8 heteroatoms. The number of hydrogen-bond donors (Lipinski definition) is 2. The summed E-state index contributed by atoms with van der Waals surface area (Å²) in [6.07, 6.45) is 2.64. The van der Waals surface area contributed by atoms with E-state index in [1.54, 1.807) is 36.4 Å². The van der Waals surface area contributed by atoms with Crippen LogP contribution >= 0.6 is 0 Å². The predicted octanol–water partition coefficient (Wildman–Crippen LogP) is 3.01. The van der Waals surface area contributed by atoms with Gasteiger partial charge in [-0.25, -0.2) is 8.42 Å². The Labute approximate surface area is 156 Å². The fourth-order valence-electron chi connectivity index (χ4n) is 2.30. The van der Waals surface area contributed by atoms with Crippen molar-refractivity contribution in [3.8, 4) is 6.07 Å². The lowest BCUT2D eigenvalue weighted by atomic mass is 10.2. The largest absolute Gasteiger partial charge is 0.322 e. The van der Waals surface area contributed by atoms with Crippen molar-refractivity contribution in [2.24, 2.45) is 0 Å². The molecular weight excluding hydrogens is 364 g/mol. The van der Waals surface area contributed by atoms with Gasteiger partial charge in [0.1, 0.15) is 0 Å². The van der Waals surface area contributed by atoms with Crippen molar-refractivity contribution in [3.63, 3.8) is 0 Å².